The van der Waals surface area contributed by atoms with Crippen molar-refractivity contribution in [2.75, 3.05) is 46.3 Å². The van der Waals surface area contributed by atoms with Crippen LogP contribution in [0.4, 0.5) is 0 Å². The molecular weight excluding hydrogens is 285 g/mol. The Kier molecular flexibility index (Phi) is 8.99. The summed E-state index contributed by atoms with van der Waals surface area (Å²) in [4.78, 5) is 16.7. The summed E-state index contributed by atoms with van der Waals surface area (Å²) in [6.07, 6.45) is 2.20. The van der Waals surface area contributed by atoms with Crippen molar-refractivity contribution >= 4 is 30.7 Å². The lowest BCUT2D eigenvalue weighted by molar-refractivity contribution is -0.133. The van der Waals surface area contributed by atoms with Crippen molar-refractivity contribution in [3.8, 4) is 0 Å². The van der Waals surface area contributed by atoms with Crippen molar-refractivity contribution in [3.63, 3.8) is 0 Å². The van der Waals surface area contributed by atoms with Crippen molar-refractivity contribution in [3.05, 3.63) is 0 Å². The lowest BCUT2D eigenvalue weighted by Gasteiger charge is -2.22. The molecule has 2 fully saturated rings. The van der Waals surface area contributed by atoms with Crippen LogP contribution in [0.1, 0.15) is 19.8 Å². The summed E-state index contributed by atoms with van der Waals surface area (Å²) in [5.41, 5.74) is 0. The van der Waals surface area contributed by atoms with E-state index in [4.69, 9.17) is 0 Å². The lowest BCUT2D eigenvalue weighted by Crippen LogP contribution is -2.36. The summed E-state index contributed by atoms with van der Waals surface area (Å²) < 4.78 is 0. The number of hydrogen-bond acceptors (Lipinski definition) is 3. The molecule has 6 heteroatoms. The number of nitrogens with zero attached hydrogens (tertiary/aromatic N) is 2. The highest BCUT2D eigenvalue weighted by atomic mass is 35.5. The van der Waals surface area contributed by atoms with Crippen molar-refractivity contribution in [2.24, 2.45) is 11.8 Å². The SMILES string of the molecule is CCN(C)CC1CCN(C(=O)C2CCNC2)C1.Cl.Cl. The number of likely N-dealkylation sites (tertiary alicyclic amines) is 1. The smallest absolute Gasteiger partial charge is 0.227 e. The second-order valence-electron chi connectivity index (χ2n) is 5.48. The fourth-order valence-electron chi connectivity index (χ4n) is 2.88. The van der Waals surface area contributed by atoms with Crippen molar-refractivity contribution in [1.29, 1.82) is 0 Å². The van der Waals surface area contributed by atoms with Crippen molar-refractivity contribution in [1.82, 2.24) is 15.1 Å². The summed E-state index contributed by atoms with van der Waals surface area (Å²) in [7, 11) is 2.16. The zero-order valence-electron chi connectivity index (χ0n) is 11.9. The van der Waals surface area contributed by atoms with E-state index in [0.717, 1.165) is 45.7 Å². The summed E-state index contributed by atoms with van der Waals surface area (Å²) >= 11 is 0. The van der Waals surface area contributed by atoms with Gasteiger partial charge in [0.2, 0.25) is 5.91 Å². The molecule has 2 unspecified atom stereocenters. The van der Waals surface area contributed by atoms with Gasteiger partial charge in [-0.3, -0.25) is 4.79 Å². The summed E-state index contributed by atoms with van der Waals surface area (Å²) in [5.74, 6) is 1.31. The molecule has 2 saturated heterocycles. The highest BCUT2D eigenvalue weighted by Crippen LogP contribution is 2.21. The van der Waals surface area contributed by atoms with E-state index in [1.165, 1.54) is 6.42 Å². The van der Waals surface area contributed by atoms with Gasteiger partial charge < -0.3 is 15.1 Å². The lowest BCUT2D eigenvalue weighted by atomic mass is 10.1. The van der Waals surface area contributed by atoms with Crippen LogP contribution in [0.15, 0.2) is 0 Å². The van der Waals surface area contributed by atoms with Crippen LogP contribution in [-0.4, -0.2) is 62.0 Å². The van der Waals surface area contributed by atoms with Gasteiger partial charge >= 0.3 is 0 Å². The summed E-state index contributed by atoms with van der Waals surface area (Å²) in [6, 6.07) is 0. The first-order chi connectivity index (χ1) is 8.20. The first kappa shape index (κ1) is 19.0. The van der Waals surface area contributed by atoms with Crippen LogP contribution in [0.3, 0.4) is 0 Å². The quantitative estimate of drug-likeness (QED) is 0.848. The number of carbonyl (C=O) groups is 1. The zero-order chi connectivity index (χ0) is 12.3. The minimum absolute atomic E-state index is 0. The Bertz CT molecular complexity index is 273. The Morgan fingerprint density at radius 3 is 2.68 bits per heavy atom. The molecule has 0 saturated carbocycles. The monoisotopic (exact) mass is 311 g/mol. The average molecular weight is 312 g/mol. The maximum atomic E-state index is 12.2. The number of hydrogen-bond donors (Lipinski definition) is 1. The minimum Gasteiger partial charge on any atom is -0.342 e. The highest BCUT2D eigenvalue weighted by Gasteiger charge is 2.32. The number of rotatable bonds is 4. The molecule has 19 heavy (non-hydrogen) atoms. The molecule has 1 N–H and O–H groups in total. The number of nitrogens with one attached hydrogen (secondary N) is 1. The van der Waals surface area contributed by atoms with E-state index in [0.29, 0.717) is 11.8 Å². The third kappa shape index (κ3) is 5.10. The fraction of sp³-hybridized carbons (Fsp3) is 0.923. The van der Waals surface area contributed by atoms with Gasteiger partial charge in [-0.2, -0.15) is 0 Å². The molecule has 4 nitrogen and oxygen atoms in total. The molecule has 0 spiro atoms. The zero-order valence-corrected chi connectivity index (χ0v) is 13.6. The molecular formula is C13H27Cl2N3O. The largest absolute Gasteiger partial charge is 0.342 e. The van der Waals surface area contributed by atoms with Gasteiger partial charge in [0.15, 0.2) is 0 Å². The van der Waals surface area contributed by atoms with Gasteiger partial charge in [0.05, 0.1) is 5.92 Å². The molecule has 0 bridgehead atoms. The normalized spacial score (nSPS) is 26.2. The van der Waals surface area contributed by atoms with Crippen molar-refractivity contribution < 1.29 is 4.79 Å². The van der Waals surface area contributed by atoms with Crippen molar-refractivity contribution in [2.45, 2.75) is 19.8 Å². The Hall–Kier alpha value is -0.0300. The third-order valence-electron chi connectivity index (χ3n) is 4.12. The van der Waals surface area contributed by atoms with E-state index < -0.39 is 0 Å². The van der Waals surface area contributed by atoms with Gasteiger partial charge in [-0.15, -0.1) is 24.8 Å². The second kappa shape index (κ2) is 9.01. The standard InChI is InChI=1S/C13H25N3O.2ClH/c1-3-15(2)9-11-5-7-16(10-11)13(17)12-4-6-14-8-12;;/h11-12,14H,3-10H2,1-2H3;2*1H. The van der Waals surface area contributed by atoms with E-state index >= 15 is 0 Å². The first-order valence-electron chi connectivity index (χ1n) is 6.88. The van der Waals surface area contributed by atoms with Crippen LogP contribution in [0.25, 0.3) is 0 Å². The van der Waals surface area contributed by atoms with Crippen LogP contribution >= 0.6 is 24.8 Å². The molecule has 114 valence electrons. The van der Waals surface area contributed by atoms with Gasteiger partial charge in [0.25, 0.3) is 0 Å². The summed E-state index contributed by atoms with van der Waals surface area (Å²) in [5, 5.41) is 3.27. The fourth-order valence-corrected chi connectivity index (χ4v) is 2.88. The number of carbonyl (C=O) groups excluding carboxylic acids is 1. The molecule has 2 aliphatic heterocycles. The molecule has 2 heterocycles. The molecule has 1 amide bonds. The maximum absolute atomic E-state index is 12.2. The predicted octanol–water partition coefficient (Wildman–Crippen LogP) is 1.24. The van der Waals surface area contributed by atoms with Crippen LogP contribution in [0.5, 0.6) is 0 Å². The maximum Gasteiger partial charge on any atom is 0.227 e. The second-order valence-corrected chi connectivity index (χ2v) is 5.48. The van der Waals surface area contributed by atoms with Gasteiger partial charge in [-0.25, -0.2) is 0 Å². The first-order valence-corrected chi connectivity index (χ1v) is 6.88. The predicted molar refractivity (Wildman–Crippen MR) is 83.3 cm³/mol. The van der Waals surface area contributed by atoms with E-state index in [9.17, 15) is 4.79 Å². The molecule has 0 aliphatic carbocycles. The summed E-state index contributed by atoms with van der Waals surface area (Å²) in [6.45, 7) is 8.24. The van der Waals surface area contributed by atoms with Gasteiger partial charge in [0, 0.05) is 26.2 Å². The number of amides is 1. The topological polar surface area (TPSA) is 35.6 Å². The van der Waals surface area contributed by atoms with Crippen LogP contribution < -0.4 is 5.32 Å². The van der Waals surface area contributed by atoms with Crippen LogP contribution in [-0.2, 0) is 4.79 Å². The molecule has 0 aromatic heterocycles. The minimum atomic E-state index is 0. The van der Waals surface area contributed by atoms with E-state index in [1.54, 1.807) is 0 Å². The van der Waals surface area contributed by atoms with Crippen LogP contribution in [0, 0.1) is 11.8 Å². The third-order valence-corrected chi connectivity index (χ3v) is 4.12. The Morgan fingerprint density at radius 2 is 2.11 bits per heavy atom. The average Bonchev–Trinajstić information content (AvgIpc) is 2.98. The molecule has 2 rings (SSSR count). The molecule has 0 radical (unpaired) electrons. The Balaban J connectivity index is 0.00000162. The van der Waals surface area contributed by atoms with E-state index in [-0.39, 0.29) is 30.7 Å². The Morgan fingerprint density at radius 1 is 1.37 bits per heavy atom. The molecule has 2 atom stereocenters. The Labute approximate surface area is 129 Å². The number of halogens is 2. The molecule has 0 aromatic rings. The molecule has 2 aliphatic rings. The van der Waals surface area contributed by atoms with E-state index in [2.05, 4.69) is 29.1 Å². The van der Waals surface area contributed by atoms with Crippen LogP contribution in [0.2, 0.25) is 0 Å². The molecule has 0 aromatic carbocycles. The van der Waals surface area contributed by atoms with Gasteiger partial charge in [-0.05, 0) is 38.9 Å². The van der Waals surface area contributed by atoms with E-state index in [1.807, 2.05) is 0 Å². The van der Waals surface area contributed by atoms with Gasteiger partial charge in [0.1, 0.15) is 0 Å². The highest BCUT2D eigenvalue weighted by molar-refractivity contribution is 5.85. The van der Waals surface area contributed by atoms with Gasteiger partial charge in [-0.1, -0.05) is 6.92 Å².